The molecule has 0 aliphatic carbocycles. The molecule has 25 heavy (non-hydrogen) atoms. The lowest BCUT2D eigenvalue weighted by atomic mass is 10.3. The zero-order valence-electron chi connectivity index (χ0n) is 14.8. The molecule has 1 aliphatic heterocycles. The Morgan fingerprint density at radius 1 is 1.32 bits per heavy atom. The van der Waals surface area contributed by atoms with Crippen LogP contribution in [0.15, 0.2) is 30.5 Å². The highest BCUT2D eigenvalue weighted by Gasteiger charge is 2.29. The molecule has 1 atom stereocenters. The lowest BCUT2D eigenvalue weighted by Gasteiger charge is -2.17. The van der Waals surface area contributed by atoms with E-state index in [1.54, 1.807) is 23.2 Å². The summed E-state index contributed by atoms with van der Waals surface area (Å²) in [6, 6.07) is 7.33. The van der Waals surface area contributed by atoms with E-state index >= 15 is 0 Å². The van der Waals surface area contributed by atoms with E-state index in [9.17, 15) is 4.79 Å². The van der Waals surface area contributed by atoms with Crippen LogP contribution in [0, 0.1) is 6.92 Å². The first-order chi connectivity index (χ1) is 12.0. The van der Waals surface area contributed by atoms with Crippen molar-refractivity contribution in [3.63, 3.8) is 0 Å². The molecule has 0 saturated carbocycles. The Morgan fingerprint density at radius 2 is 2.16 bits per heavy atom. The van der Waals surface area contributed by atoms with E-state index < -0.39 is 0 Å². The van der Waals surface area contributed by atoms with E-state index in [1.807, 2.05) is 33.2 Å². The second-order valence-electron chi connectivity index (χ2n) is 6.56. The molecule has 2 aromatic heterocycles. The van der Waals surface area contributed by atoms with Crippen LogP contribution >= 0.6 is 0 Å². The molecule has 1 saturated heterocycles. The first-order valence-corrected chi connectivity index (χ1v) is 8.37. The standard InChI is InChI=1S/C18H23N5O2/c1-13-4-5-17(21-20-13)18(24)23-9-7-16(12-23)25-15-6-8-19-14(10-15)11-22(2)3/h4-6,8,10,16H,7,9,11-12H2,1-3H3. The van der Waals surface area contributed by atoms with Crippen LogP contribution in [0.5, 0.6) is 5.75 Å². The number of hydrogen-bond donors (Lipinski definition) is 0. The molecular formula is C18H23N5O2. The third-order valence-electron chi connectivity index (χ3n) is 4.02. The zero-order valence-corrected chi connectivity index (χ0v) is 14.8. The Labute approximate surface area is 147 Å². The maximum Gasteiger partial charge on any atom is 0.274 e. The number of ether oxygens (including phenoxy) is 1. The van der Waals surface area contributed by atoms with Gasteiger partial charge in [0.05, 0.1) is 17.9 Å². The number of hydrogen-bond acceptors (Lipinski definition) is 6. The fourth-order valence-corrected chi connectivity index (χ4v) is 2.82. The molecule has 3 rings (SSSR count). The van der Waals surface area contributed by atoms with Gasteiger partial charge in [-0.3, -0.25) is 9.78 Å². The second kappa shape index (κ2) is 7.57. The molecule has 0 bridgehead atoms. The van der Waals surface area contributed by atoms with Crippen molar-refractivity contribution in [3.05, 3.63) is 47.5 Å². The van der Waals surface area contributed by atoms with Gasteiger partial charge in [-0.15, -0.1) is 5.10 Å². The number of amides is 1. The summed E-state index contributed by atoms with van der Waals surface area (Å²) in [6.07, 6.45) is 2.54. The van der Waals surface area contributed by atoms with Crippen molar-refractivity contribution in [2.24, 2.45) is 0 Å². The highest BCUT2D eigenvalue weighted by atomic mass is 16.5. The molecule has 1 unspecified atom stereocenters. The third kappa shape index (κ3) is 4.51. The molecular weight excluding hydrogens is 318 g/mol. The second-order valence-corrected chi connectivity index (χ2v) is 6.56. The van der Waals surface area contributed by atoms with E-state index in [0.717, 1.165) is 30.1 Å². The van der Waals surface area contributed by atoms with Gasteiger partial charge in [0, 0.05) is 31.8 Å². The van der Waals surface area contributed by atoms with Crippen LogP contribution in [0.2, 0.25) is 0 Å². The fourth-order valence-electron chi connectivity index (χ4n) is 2.82. The quantitative estimate of drug-likeness (QED) is 0.821. The Bertz CT molecular complexity index is 733. The van der Waals surface area contributed by atoms with E-state index in [-0.39, 0.29) is 12.0 Å². The Kier molecular flexibility index (Phi) is 5.23. The summed E-state index contributed by atoms with van der Waals surface area (Å²) in [7, 11) is 4.01. The molecule has 2 aromatic rings. The maximum absolute atomic E-state index is 12.5. The van der Waals surface area contributed by atoms with Gasteiger partial charge in [-0.2, -0.15) is 5.10 Å². The van der Waals surface area contributed by atoms with Gasteiger partial charge in [0.1, 0.15) is 11.9 Å². The average Bonchev–Trinajstić information content (AvgIpc) is 3.03. The number of carbonyl (C=O) groups excluding carboxylic acids is 1. The molecule has 0 spiro atoms. The summed E-state index contributed by atoms with van der Waals surface area (Å²) < 4.78 is 6.04. The lowest BCUT2D eigenvalue weighted by Crippen LogP contribution is -2.31. The molecule has 7 heteroatoms. The lowest BCUT2D eigenvalue weighted by molar-refractivity contribution is 0.0765. The molecule has 3 heterocycles. The number of likely N-dealkylation sites (tertiary alicyclic amines) is 1. The summed E-state index contributed by atoms with van der Waals surface area (Å²) in [4.78, 5) is 20.7. The van der Waals surface area contributed by atoms with Gasteiger partial charge in [0.25, 0.3) is 5.91 Å². The van der Waals surface area contributed by atoms with Crippen LogP contribution in [0.25, 0.3) is 0 Å². The summed E-state index contributed by atoms with van der Waals surface area (Å²) in [5.74, 6) is 0.697. The SMILES string of the molecule is Cc1ccc(C(=O)N2CCC(Oc3ccnc(CN(C)C)c3)C2)nn1. The van der Waals surface area contributed by atoms with Gasteiger partial charge in [-0.05, 0) is 39.2 Å². The highest BCUT2D eigenvalue weighted by molar-refractivity contribution is 5.92. The van der Waals surface area contributed by atoms with E-state index in [4.69, 9.17) is 4.74 Å². The maximum atomic E-state index is 12.5. The van der Waals surface area contributed by atoms with Crippen LogP contribution < -0.4 is 4.74 Å². The summed E-state index contributed by atoms with van der Waals surface area (Å²) in [6.45, 7) is 3.83. The van der Waals surface area contributed by atoms with Crippen molar-refractivity contribution in [3.8, 4) is 5.75 Å². The van der Waals surface area contributed by atoms with Crippen molar-refractivity contribution in [1.82, 2.24) is 25.0 Å². The summed E-state index contributed by atoms with van der Waals surface area (Å²) >= 11 is 0. The molecule has 0 radical (unpaired) electrons. The minimum Gasteiger partial charge on any atom is -0.488 e. The molecule has 0 N–H and O–H groups in total. The first kappa shape index (κ1) is 17.3. The predicted octanol–water partition coefficient (Wildman–Crippen LogP) is 1.54. The molecule has 7 nitrogen and oxygen atoms in total. The third-order valence-corrected chi connectivity index (χ3v) is 4.02. The number of carbonyl (C=O) groups is 1. The van der Waals surface area contributed by atoms with Gasteiger partial charge in [0.2, 0.25) is 0 Å². The van der Waals surface area contributed by atoms with E-state index in [0.29, 0.717) is 18.8 Å². The van der Waals surface area contributed by atoms with Crippen molar-refractivity contribution in [1.29, 1.82) is 0 Å². The van der Waals surface area contributed by atoms with Crippen molar-refractivity contribution in [2.75, 3.05) is 27.2 Å². The fraction of sp³-hybridized carbons (Fsp3) is 0.444. The van der Waals surface area contributed by atoms with E-state index in [1.165, 1.54) is 0 Å². The van der Waals surface area contributed by atoms with Crippen molar-refractivity contribution in [2.45, 2.75) is 26.0 Å². The van der Waals surface area contributed by atoms with Crippen LogP contribution in [0.1, 0.15) is 28.3 Å². The molecule has 1 aliphatic rings. The van der Waals surface area contributed by atoms with Gasteiger partial charge >= 0.3 is 0 Å². The smallest absolute Gasteiger partial charge is 0.274 e. The van der Waals surface area contributed by atoms with Gasteiger partial charge < -0.3 is 14.5 Å². The monoisotopic (exact) mass is 341 g/mol. The molecule has 132 valence electrons. The topological polar surface area (TPSA) is 71.5 Å². The van der Waals surface area contributed by atoms with Crippen molar-refractivity contribution < 1.29 is 9.53 Å². The largest absolute Gasteiger partial charge is 0.488 e. The predicted molar refractivity (Wildman–Crippen MR) is 93.3 cm³/mol. The van der Waals surface area contributed by atoms with Crippen molar-refractivity contribution >= 4 is 5.91 Å². The Morgan fingerprint density at radius 3 is 2.88 bits per heavy atom. The van der Waals surface area contributed by atoms with Gasteiger partial charge in [0.15, 0.2) is 5.69 Å². The summed E-state index contributed by atoms with van der Waals surface area (Å²) in [5.41, 5.74) is 2.14. The van der Waals surface area contributed by atoms with Crippen LogP contribution in [-0.4, -0.2) is 64.2 Å². The molecule has 0 aromatic carbocycles. The van der Waals surface area contributed by atoms with Gasteiger partial charge in [-0.25, -0.2) is 0 Å². The Balaban J connectivity index is 1.59. The highest BCUT2D eigenvalue weighted by Crippen LogP contribution is 2.20. The number of rotatable bonds is 5. The number of nitrogens with zero attached hydrogens (tertiary/aromatic N) is 5. The minimum absolute atomic E-state index is 0.0167. The van der Waals surface area contributed by atoms with Crippen LogP contribution in [-0.2, 0) is 6.54 Å². The Hall–Kier alpha value is -2.54. The average molecular weight is 341 g/mol. The molecule has 1 fully saturated rings. The zero-order chi connectivity index (χ0) is 17.8. The van der Waals surface area contributed by atoms with E-state index in [2.05, 4.69) is 20.1 Å². The van der Waals surface area contributed by atoms with Crippen LogP contribution in [0.4, 0.5) is 0 Å². The normalized spacial score (nSPS) is 17.1. The minimum atomic E-state index is -0.0957. The molecule has 1 amide bonds. The first-order valence-electron chi connectivity index (χ1n) is 8.37. The van der Waals surface area contributed by atoms with Gasteiger partial charge in [-0.1, -0.05) is 0 Å². The number of aromatic nitrogens is 3. The number of pyridine rings is 1. The number of aryl methyl sites for hydroxylation is 1. The summed E-state index contributed by atoms with van der Waals surface area (Å²) in [5, 5.41) is 7.93. The van der Waals surface area contributed by atoms with Crippen LogP contribution in [0.3, 0.4) is 0 Å².